The Balaban J connectivity index is 0.958. The Bertz CT molecular complexity index is 2040. The number of anilines is 3. The highest BCUT2D eigenvalue weighted by molar-refractivity contribution is 7.23. The number of thiophene rings is 2. The molecule has 0 atom stereocenters. The van der Waals surface area contributed by atoms with Gasteiger partial charge in [0, 0.05) is 62.1 Å². The summed E-state index contributed by atoms with van der Waals surface area (Å²) in [4.78, 5) is 52.2. The Kier molecular flexibility index (Phi) is 8.39. The van der Waals surface area contributed by atoms with Crippen LogP contribution >= 0.6 is 22.7 Å². The Morgan fingerprint density at radius 1 is 0.959 bits per heavy atom. The minimum Gasteiger partial charge on any atom is -0.381 e. The van der Waals surface area contributed by atoms with Crippen molar-refractivity contribution in [3.05, 3.63) is 117 Å². The molecule has 2 aromatic carbocycles. The fourth-order valence-electron chi connectivity index (χ4n) is 7.13. The van der Waals surface area contributed by atoms with Crippen LogP contribution in [0.15, 0.2) is 84.4 Å². The second-order valence-corrected chi connectivity index (χ2v) is 15.2. The molecule has 0 radical (unpaired) electrons. The van der Waals surface area contributed by atoms with Crippen LogP contribution in [0.25, 0.3) is 9.75 Å². The topological polar surface area (TPSA) is 91.8 Å². The molecule has 0 unspecified atom stereocenters. The molecule has 248 valence electrons. The van der Waals surface area contributed by atoms with Gasteiger partial charge in [0.1, 0.15) is 5.82 Å². The number of nitrogens with one attached hydrogen (secondary N) is 1. The molecule has 8 rings (SSSR count). The third kappa shape index (κ3) is 6.20. The number of pyridine rings is 1. The highest BCUT2D eigenvalue weighted by Gasteiger charge is 2.45. The third-order valence-corrected chi connectivity index (χ3v) is 12.1. The number of ketones is 1. The molecule has 49 heavy (non-hydrogen) atoms. The smallest absolute Gasteiger partial charge is 0.259 e. The number of fused-ring (bicyclic) bond motifs is 3. The molecule has 5 aromatic rings. The average molecular weight is 689 g/mol. The fraction of sp³-hybridized carbons (Fsp3) is 0.282. The molecule has 2 saturated heterocycles. The van der Waals surface area contributed by atoms with Crippen LogP contribution in [-0.4, -0.2) is 55.4 Å². The van der Waals surface area contributed by atoms with Crippen molar-refractivity contribution in [2.24, 2.45) is 5.41 Å². The van der Waals surface area contributed by atoms with Gasteiger partial charge in [0.05, 0.1) is 25.9 Å². The van der Waals surface area contributed by atoms with Gasteiger partial charge in [-0.25, -0.2) is 4.98 Å². The summed E-state index contributed by atoms with van der Waals surface area (Å²) in [5, 5.41) is 5.03. The van der Waals surface area contributed by atoms with E-state index in [0.717, 1.165) is 76.2 Å². The van der Waals surface area contributed by atoms with E-state index in [4.69, 9.17) is 4.74 Å². The lowest BCUT2D eigenvalue weighted by atomic mass is 9.73. The predicted molar refractivity (Wildman–Crippen MR) is 196 cm³/mol. The molecular weight excluding hydrogens is 653 g/mol. The molecule has 2 amide bonds. The number of Topliss-reactive ketones (excluding diaryl/α,β-unsaturated/α-hetero) is 1. The first-order chi connectivity index (χ1) is 23.9. The Morgan fingerprint density at radius 3 is 2.51 bits per heavy atom. The number of carbonyl (C=O) groups excluding carboxylic acids is 3. The summed E-state index contributed by atoms with van der Waals surface area (Å²) in [5.74, 6) is 0.502. The van der Waals surface area contributed by atoms with Crippen LogP contribution in [0.4, 0.5) is 17.2 Å². The van der Waals surface area contributed by atoms with Crippen LogP contribution in [0.5, 0.6) is 0 Å². The Morgan fingerprint density at radius 2 is 1.73 bits per heavy atom. The molecule has 3 aliphatic rings. The standard InChI is InChI=1S/C39H36N4O4S2/c1-25-19-30(36(40-22-25)42-23-39(24-42)13-16-47-17-14-39)37(45)41-29-9-7-27(8-10-29)38(46)43-15-11-28-21-33(32(44)20-26-5-3-2-4-6-26)49-34(28)35-31(43)12-18-48-35/h2-10,12,18-19,21-22H,11,13-17,20,23-24H2,1H3,(H,41,45). The van der Waals surface area contributed by atoms with E-state index in [0.29, 0.717) is 42.0 Å². The van der Waals surface area contributed by atoms with Crippen molar-refractivity contribution in [1.82, 2.24) is 4.98 Å². The van der Waals surface area contributed by atoms with Crippen LogP contribution in [0.3, 0.4) is 0 Å². The molecule has 0 saturated carbocycles. The highest BCUT2D eigenvalue weighted by atomic mass is 32.1. The number of rotatable bonds is 7. The minimum absolute atomic E-state index is 0.0990. The molecular formula is C39H36N4O4S2. The van der Waals surface area contributed by atoms with E-state index in [1.165, 1.54) is 11.3 Å². The SMILES string of the molecule is Cc1cnc(N2CC3(CCOCC3)C2)c(C(=O)Nc2ccc(C(=O)N3CCc4cc(C(=O)Cc5ccccc5)sc4-c4sccc43)cc2)c1. The molecule has 0 aliphatic carbocycles. The maximum Gasteiger partial charge on any atom is 0.259 e. The number of hydrogen-bond donors (Lipinski definition) is 1. The van der Waals surface area contributed by atoms with Gasteiger partial charge in [0.2, 0.25) is 0 Å². The van der Waals surface area contributed by atoms with Crippen molar-refractivity contribution in [2.45, 2.75) is 32.6 Å². The van der Waals surface area contributed by atoms with Gasteiger partial charge in [-0.2, -0.15) is 0 Å². The van der Waals surface area contributed by atoms with Gasteiger partial charge in [-0.3, -0.25) is 14.4 Å². The van der Waals surface area contributed by atoms with E-state index in [1.54, 1.807) is 35.6 Å². The van der Waals surface area contributed by atoms with Gasteiger partial charge >= 0.3 is 0 Å². The number of benzene rings is 2. The van der Waals surface area contributed by atoms with Crippen LogP contribution in [-0.2, 0) is 17.6 Å². The molecule has 0 bridgehead atoms. The van der Waals surface area contributed by atoms with E-state index in [9.17, 15) is 14.4 Å². The van der Waals surface area contributed by atoms with Gasteiger partial charge in [0.25, 0.3) is 11.8 Å². The molecule has 8 nitrogen and oxygen atoms in total. The van der Waals surface area contributed by atoms with E-state index < -0.39 is 0 Å². The summed E-state index contributed by atoms with van der Waals surface area (Å²) < 4.78 is 5.57. The van der Waals surface area contributed by atoms with Gasteiger partial charge in [-0.15, -0.1) is 22.7 Å². The van der Waals surface area contributed by atoms with Crippen molar-refractivity contribution in [3.8, 4) is 9.75 Å². The Labute approximate surface area is 293 Å². The number of hydrogen-bond acceptors (Lipinski definition) is 8. The third-order valence-electron chi connectivity index (χ3n) is 9.83. The zero-order chi connectivity index (χ0) is 33.5. The second-order valence-electron chi connectivity index (χ2n) is 13.3. The van der Waals surface area contributed by atoms with Crippen LogP contribution in [0.2, 0.25) is 0 Å². The first-order valence-electron chi connectivity index (χ1n) is 16.7. The lowest BCUT2D eigenvalue weighted by molar-refractivity contribution is -0.000511. The number of aryl methyl sites for hydroxylation is 1. The number of carbonyl (C=O) groups is 3. The molecule has 3 aliphatic heterocycles. The zero-order valence-corrected chi connectivity index (χ0v) is 28.9. The largest absolute Gasteiger partial charge is 0.381 e. The van der Waals surface area contributed by atoms with E-state index in [-0.39, 0.29) is 23.0 Å². The van der Waals surface area contributed by atoms with Crippen molar-refractivity contribution >= 4 is 57.5 Å². The lowest BCUT2D eigenvalue weighted by Gasteiger charge is -2.53. The summed E-state index contributed by atoms with van der Waals surface area (Å²) in [6.45, 7) is 5.79. The summed E-state index contributed by atoms with van der Waals surface area (Å²) in [6.07, 6.45) is 4.92. The Hall–Kier alpha value is -4.64. The van der Waals surface area contributed by atoms with Gasteiger partial charge in [-0.05, 0) is 90.7 Å². The fourth-order valence-corrected chi connectivity index (χ4v) is 9.36. The maximum atomic E-state index is 13.9. The van der Waals surface area contributed by atoms with Crippen molar-refractivity contribution in [3.63, 3.8) is 0 Å². The maximum absolute atomic E-state index is 13.9. The summed E-state index contributed by atoms with van der Waals surface area (Å²) in [7, 11) is 0. The lowest BCUT2D eigenvalue weighted by Crippen LogP contribution is -2.59. The van der Waals surface area contributed by atoms with E-state index in [2.05, 4.69) is 15.2 Å². The monoisotopic (exact) mass is 688 g/mol. The van der Waals surface area contributed by atoms with Crippen molar-refractivity contribution < 1.29 is 19.1 Å². The summed E-state index contributed by atoms with van der Waals surface area (Å²) in [6, 6.07) is 22.8. The second kappa shape index (κ2) is 13.0. The average Bonchev–Trinajstić information content (AvgIpc) is 3.73. The molecule has 3 aromatic heterocycles. The molecule has 2 fully saturated rings. The van der Waals surface area contributed by atoms with E-state index >= 15 is 0 Å². The van der Waals surface area contributed by atoms with Gasteiger partial charge < -0.3 is 19.9 Å². The van der Waals surface area contributed by atoms with Crippen molar-refractivity contribution in [2.75, 3.05) is 48.0 Å². The first kappa shape index (κ1) is 31.6. The van der Waals surface area contributed by atoms with Crippen LogP contribution < -0.4 is 15.1 Å². The zero-order valence-electron chi connectivity index (χ0n) is 27.2. The predicted octanol–water partition coefficient (Wildman–Crippen LogP) is 7.68. The quantitative estimate of drug-likeness (QED) is 0.177. The molecule has 6 heterocycles. The molecule has 1 spiro atoms. The van der Waals surface area contributed by atoms with Crippen LogP contribution in [0, 0.1) is 12.3 Å². The number of nitrogens with zero attached hydrogens (tertiary/aromatic N) is 3. The number of aromatic nitrogens is 1. The molecule has 1 N–H and O–H groups in total. The van der Waals surface area contributed by atoms with Gasteiger partial charge in [0.15, 0.2) is 5.78 Å². The minimum atomic E-state index is -0.221. The number of amides is 2. The van der Waals surface area contributed by atoms with Crippen molar-refractivity contribution in [1.29, 1.82) is 0 Å². The van der Waals surface area contributed by atoms with Crippen LogP contribution in [0.1, 0.15) is 59.9 Å². The normalized spacial score (nSPS) is 16.3. The number of ether oxygens (including phenoxy) is 1. The van der Waals surface area contributed by atoms with E-state index in [1.807, 2.05) is 71.9 Å². The highest BCUT2D eigenvalue weighted by Crippen LogP contribution is 2.46. The summed E-state index contributed by atoms with van der Waals surface area (Å²) in [5.41, 5.74) is 5.85. The molecule has 10 heteroatoms. The van der Waals surface area contributed by atoms with Gasteiger partial charge in [-0.1, -0.05) is 30.3 Å². The summed E-state index contributed by atoms with van der Waals surface area (Å²) >= 11 is 3.12. The first-order valence-corrected chi connectivity index (χ1v) is 18.4.